The van der Waals surface area contributed by atoms with E-state index in [2.05, 4.69) is 11.1 Å². The molecule has 1 N–H and O–H groups in total. The minimum atomic E-state index is -0.971. The summed E-state index contributed by atoms with van der Waals surface area (Å²) in [6.45, 7) is 0. The summed E-state index contributed by atoms with van der Waals surface area (Å²) in [4.78, 5) is 15.1. The predicted octanol–water partition coefficient (Wildman–Crippen LogP) is 7.34. The van der Waals surface area contributed by atoms with Crippen LogP contribution in [0.1, 0.15) is 41.7 Å². The molecule has 0 amide bonds. The van der Waals surface area contributed by atoms with Crippen LogP contribution in [-0.4, -0.2) is 16.1 Å². The Morgan fingerprint density at radius 2 is 1.88 bits per heavy atom. The van der Waals surface area contributed by atoms with E-state index in [1.54, 1.807) is 18.5 Å². The van der Waals surface area contributed by atoms with E-state index in [0.29, 0.717) is 10.9 Å². The third-order valence-electron chi connectivity index (χ3n) is 6.14. The van der Waals surface area contributed by atoms with E-state index in [0.717, 1.165) is 57.9 Å². The van der Waals surface area contributed by atoms with Crippen LogP contribution in [0.15, 0.2) is 83.6 Å². The number of rotatable bonds is 6. The van der Waals surface area contributed by atoms with Gasteiger partial charge in [-0.3, -0.25) is 4.98 Å². The second-order valence-corrected chi connectivity index (χ2v) is 8.62. The zero-order chi connectivity index (χ0) is 22.8. The van der Waals surface area contributed by atoms with Crippen LogP contribution in [0.25, 0.3) is 28.2 Å². The zero-order valence-corrected chi connectivity index (χ0v) is 18.6. The highest BCUT2D eigenvalue weighted by Crippen LogP contribution is 2.47. The number of carboxylic acid groups (broad SMARTS) is 1. The number of hydrogen-bond acceptors (Lipinski definition) is 3. The van der Waals surface area contributed by atoms with E-state index in [9.17, 15) is 4.79 Å². The molecule has 0 unspecified atom stereocenters. The Balaban J connectivity index is 1.74. The first-order valence-electron chi connectivity index (χ1n) is 10.9. The number of aromatic nitrogens is 1. The minimum Gasteiger partial charge on any atom is -0.478 e. The van der Waals surface area contributed by atoms with Crippen molar-refractivity contribution in [2.75, 3.05) is 0 Å². The number of furan rings is 1. The molecule has 1 fully saturated rings. The molecule has 0 aliphatic heterocycles. The Bertz CT molecular complexity index is 1340. The first-order valence-corrected chi connectivity index (χ1v) is 11.3. The smallest absolute Gasteiger partial charge is 0.328 e. The summed E-state index contributed by atoms with van der Waals surface area (Å²) in [5.41, 5.74) is 5.80. The van der Waals surface area contributed by atoms with Crippen molar-refractivity contribution in [3.63, 3.8) is 0 Å². The topological polar surface area (TPSA) is 63.3 Å². The Morgan fingerprint density at radius 3 is 2.55 bits per heavy atom. The fraction of sp³-hybridized carbons (Fsp3) is 0.143. The molecule has 5 rings (SSSR count). The van der Waals surface area contributed by atoms with Gasteiger partial charge in [0.05, 0.1) is 5.02 Å². The van der Waals surface area contributed by atoms with Crippen LogP contribution in [0.5, 0.6) is 0 Å². The Morgan fingerprint density at radius 1 is 1.09 bits per heavy atom. The maximum absolute atomic E-state index is 10.9. The molecule has 0 spiro atoms. The maximum atomic E-state index is 10.9. The first-order chi connectivity index (χ1) is 16.1. The van der Waals surface area contributed by atoms with E-state index in [-0.39, 0.29) is 0 Å². The predicted molar refractivity (Wildman–Crippen MR) is 132 cm³/mol. The number of pyridine rings is 1. The lowest BCUT2D eigenvalue weighted by Crippen LogP contribution is -2.15. The van der Waals surface area contributed by atoms with Crippen LogP contribution in [0.4, 0.5) is 0 Å². The Hall–Kier alpha value is -3.63. The van der Waals surface area contributed by atoms with E-state index >= 15 is 0 Å². The normalized spacial score (nSPS) is 14.9. The molecule has 4 nitrogen and oxygen atoms in total. The molecular formula is C28H22ClNO3. The van der Waals surface area contributed by atoms with E-state index in [1.807, 2.05) is 54.6 Å². The zero-order valence-electron chi connectivity index (χ0n) is 17.9. The molecule has 4 aromatic rings. The molecule has 0 bridgehead atoms. The number of aliphatic carboxylic acids is 1. The van der Waals surface area contributed by atoms with Crippen molar-refractivity contribution in [3.8, 4) is 0 Å². The van der Waals surface area contributed by atoms with Gasteiger partial charge in [-0.25, -0.2) is 4.79 Å². The van der Waals surface area contributed by atoms with E-state index in [4.69, 9.17) is 21.1 Å². The van der Waals surface area contributed by atoms with Gasteiger partial charge >= 0.3 is 5.97 Å². The average molecular weight is 456 g/mol. The van der Waals surface area contributed by atoms with Crippen molar-refractivity contribution < 1.29 is 14.3 Å². The van der Waals surface area contributed by atoms with Gasteiger partial charge in [-0.05, 0) is 59.7 Å². The Kier molecular flexibility index (Phi) is 5.84. The molecule has 5 heteroatoms. The number of carbonyl (C=O) groups is 1. The highest BCUT2D eigenvalue weighted by Gasteiger charge is 2.29. The summed E-state index contributed by atoms with van der Waals surface area (Å²) < 4.78 is 6.35. The van der Waals surface area contributed by atoms with Crippen LogP contribution >= 0.6 is 11.6 Å². The van der Waals surface area contributed by atoms with Crippen LogP contribution in [0.2, 0.25) is 5.02 Å². The standard InChI is InChI=1S/C28H22ClNO3/c29-23-17-30-15-14-22(23)27(19-5-3-6-19)28(25-16-21-4-1-2-7-24(21)33-25)20-11-8-18(9-12-20)10-13-26(31)32/h1-2,4,7-17,19H,3,5-6H2,(H,31,32). The lowest BCUT2D eigenvalue weighted by Gasteiger charge is -2.31. The number of fused-ring (bicyclic) bond motifs is 1. The van der Waals surface area contributed by atoms with Gasteiger partial charge in [0.1, 0.15) is 11.3 Å². The van der Waals surface area contributed by atoms with Crippen molar-refractivity contribution in [1.82, 2.24) is 4.98 Å². The molecule has 33 heavy (non-hydrogen) atoms. The summed E-state index contributed by atoms with van der Waals surface area (Å²) in [5, 5.41) is 10.6. The van der Waals surface area contributed by atoms with Gasteiger partial charge in [0.25, 0.3) is 0 Å². The summed E-state index contributed by atoms with van der Waals surface area (Å²) >= 11 is 6.65. The Labute approximate surface area is 196 Å². The van der Waals surface area contributed by atoms with Crippen LogP contribution in [-0.2, 0) is 4.79 Å². The first kappa shape index (κ1) is 21.2. The number of carboxylic acids is 1. The van der Waals surface area contributed by atoms with Crippen molar-refractivity contribution >= 4 is 45.8 Å². The molecule has 1 aliphatic rings. The fourth-order valence-corrected chi connectivity index (χ4v) is 4.53. The number of hydrogen-bond donors (Lipinski definition) is 1. The third-order valence-corrected chi connectivity index (χ3v) is 6.44. The van der Waals surface area contributed by atoms with E-state index < -0.39 is 5.97 Å². The van der Waals surface area contributed by atoms with Gasteiger partial charge in [0.15, 0.2) is 0 Å². The van der Waals surface area contributed by atoms with Crippen molar-refractivity contribution in [2.24, 2.45) is 5.92 Å². The number of benzene rings is 2. The van der Waals surface area contributed by atoms with Crippen LogP contribution in [0.3, 0.4) is 0 Å². The van der Waals surface area contributed by atoms with Gasteiger partial charge in [-0.2, -0.15) is 0 Å². The molecule has 2 aromatic heterocycles. The number of halogens is 1. The lowest BCUT2D eigenvalue weighted by molar-refractivity contribution is -0.131. The molecule has 2 aromatic carbocycles. The monoisotopic (exact) mass is 455 g/mol. The average Bonchev–Trinajstić information content (AvgIpc) is 3.21. The highest BCUT2D eigenvalue weighted by molar-refractivity contribution is 6.32. The number of allylic oxidation sites excluding steroid dienone is 1. The molecule has 0 atom stereocenters. The fourth-order valence-electron chi connectivity index (χ4n) is 4.31. The summed E-state index contributed by atoms with van der Waals surface area (Å²) in [6.07, 6.45) is 9.56. The molecule has 1 saturated carbocycles. The summed E-state index contributed by atoms with van der Waals surface area (Å²) in [7, 11) is 0. The van der Waals surface area contributed by atoms with Crippen LogP contribution in [0, 0.1) is 5.92 Å². The lowest BCUT2D eigenvalue weighted by atomic mass is 9.74. The van der Waals surface area contributed by atoms with Crippen molar-refractivity contribution in [3.05, 3.63) is 107 Å². The largest absolute Gasteiger partial charge is 0.478 e. The number of nitrogens with zero attached hydrogens (tertiary/aromatic N) is 1. The quantitative estimate of drug-likeness (QED) is 0.309. The number of para-hydroxylation sites is 1. The SMILES string of the molecule is O=C(O)C=Cc1ccc(C(=C(c2ccncc2Cl)C2CCC2)c2cc3ccccc3o2)cc1. The van der Waals surface area contributed by atoms with Crippen molar-refractivity contribution in [1.29, 1.82) is 0 Å². The second-order valence-electron chi connectivity index (χ2n) is 8.21. The third kappa shape index (κ3) is 4.35. The van der Waals surface area contributed by atoms with Crippen LogP contribution < -0.4 is 0 Å². The van der Waals surface area contributed by atoms with Gasteiger partial charge in [-0.1, -0.05) is 60.5 Å². The molecule has 0 radical (unpaired) electrons. The molecule has 0 saturated heterocycles. The van der Waals surface area contributed by atoms with E-state index in [1.165, 1.54) is 12.0 Å². The maximum Gasteiger partial charge on any atom is 0.328 e. The van der Waals surface area contributed by atoms with Gasteiger partial charge in [0.2, 0.25) is 0 Å². The molecule has 164 valence electrons. The molecule has 2 heterocycles. The summed E-state index contributed by atoms with van der Waals surface area (Å²) in [5.74, 6) is 0.195. The van der Waals surface area contributed by atoms with Gasteiger partial charge in [0, 0.05) is 35.0 Å². The van der Waals surface area contributed by atoms with Crippen molar-refractivity contribution in [2.45, 2.75) is 19.3 Å². The highest BCUT2D eigenvalue weighted by atomic mass is 35.5. The minimum absolute atomic E-state index is 0.375. The molecular weight excluding hydrogens is 434 g/mol. The van der Waals surface area contributed by atoms with Gasteiger partial charge in [-0.15, -0.1) is 0 Å². The molecule has 1 aliphatic carbocycles. The summed E-state index contributed by atoms with van der Waals surface area (Å²) in [6, 6.07) is 19.9. The van der Waals surface area contributed by atoms with Gasteiger partial charge < -0.3 is 9.52 Å². The second kappa shape index (κ2) is 9.08.